The number of carbonyl (C=O) groups is 1. The maximum absolute atomic E-state index is 12.7. The molecule has 3 N–H and O–H groups in total. The number of aryl methyl sites for hydroxylation is 1. The molecule has 19 heavy (non-hydrogen) atoms. The van der Waals surface area contributed by atoms with Gasteiger partial charge in [0.05, 0.1) is 5.56 Å². The summed E-state index contributed by atoms with van der Waals surface area (Å²) < 4.78 is 38.1. The molecule has 1 unspecified atom stereocenters. The highest BCUT2D eigenvalue weighted by Crippen LogP contribution is 2.33. The van der Waals surface area contributed by atoms with Gasteiger partial charge in [0, 0.05) is 18.2 Å². The number of nitrogens with one attached hydrogen (secondary N) is 1. The van der Waals surface area contributed by atoms with Crippen molar-refractivity contribution in [2.75, 3.05) is 5.32 Å². The van der Waals surface area contributed by atoms with Crippen molar-refractivity contribution in [1.82, 2.24) is 0 Å². The average molecular weight is 274 g/mol. The molecule has 1 amide bonds. The molecule has 0 saturated heterocycles. The average Bonchev–Trinajstić information content (AvgIpc) is 2.27. The van der Waals surface area contributed by atoms with E-state index in [-0.39, 0.29) is 29.6 Å². The molecule has 1 aromatic rings. The Balaban J connectivity index is 2.78. The van der Waals surface area contributed by atoms with Crippen molar-refractivity contribution in [2.45, 2.75) is 38.9 Å². The maximum atomic E-state index is 12.7. The third-order valence-electron chi connectivity index (χ3n) is 2.65. The van der Waals surface area contributed by atoms with E-state index < -0.39 is 11.7 Å². The zero-order valence-electron chi connectivity index (χ0n) is 10.8. The monoisotopic (exact) mass is 274 g/mol. The lowest BCUT2D eigenvalue weighted by atomic mass is 10.1. The smallest absolute Gasteiger partial charge is 0.328 e. The first-order valence-corrected chi connectivity index (χ1v) is 5.93. The third-order valence-corrected chi connectivity index (χ3v) is 2.65. The summed E-state index contributed by atoms with van der Waals surface area (Å²) in [6, 6.07) is 3.62. The fourth-order valence-corrected chi connectivity index (χ4v) is 1.59. The zero-order chi connectivity index (χ0) is 14.6. The van der Waals surface area contributed by atoms with Crippen LogP contribution < -0.4 is 11.1 Å². The summed E-state index contributed by atoms with van der Waals surface area (Å²) in [5.74, 6) is -0.339. The normalized spacial score (nSPS) is 13.2. The van der Waals surface area contributed by atoms with Gasteiger partial charge in [0.15, 0.2) is 0 Å². The molecular weight excluding hydrogens is 257 g/mol. The van der Waals surface area contributed by atoms with E-state index in [0.717, 1.165) is 6.07 Å². The number of carbonyl (C=O) groups excluding carboxylic acids is 1. The minimum absolute atomic E-state index is 0.116. The van der Waals surface area contributed by atoms with E-state index in [1.54, 1.807) is 6.92 Å². The molecule has 0 aliphatic rings. The highest BCUT2D eigenvalue weighted by molar-refractivity contribution is 5.90. The van der Waals surface area contributed by atoms with Crippen LogP contribution >= 0.6 is 0 Å². The minimum Gasteiger partial charge on any atom is -0.328 e. The number of amides is 1. The molecule has 0 radical (unpaired) electrons. The van der Waals surface area contributed by atoms with Gasteiger partial charge in [-0.2, -0.15) is 13.2 Å². The van der Waals surface area contributed by atoms with Gasteiger partial charge in [-0.05, 0) is 38.0 Å². The van der Waals surface area contributed by atoms with E-state index in [9.17, 15) is 18.0 Å². The Morgan fingerprint density at radius 2 is 2.05 bits per heavy atom. The number of rotatable bonds is 4. The Kier molecular flexibility index (Phi) is 4.94. The van der Waals surface area contributed by atoms with Crippen molar-refractivity contribution in [1.29, 1.82) is 0 Å². The predicted molar refractivity (Wildman–Crippen MR) is 67.7 cm³/mol. The highest BCUT2D eigenvalue weighted by atomic mass is 19.4. The number of halogens is 3. The topological polar surface area (TPSA) is 55.1 Å². The maximum Gasteiger partial charge on any atom is 0.416 e. The second kappa shape index (κ2) is 6.06. The van der Waals surface area contributed by atoms with Crippen LogP contribution in [0.1, 0.15) is 30.9 Å². The molecule has 0 aromatic heterocycles. The third kappa shape index (κ3) is 4.90. The molecule has 0 bridgehead atoms. The van der Waals surface area contributed by atoms with Crippen LogP contribution in [-0.4, -0.2) is 11.9 Å². The SMILES string of the molecule is Cc1ccc(NC(=O)CCC(C)N)cc1C(F)(F)F. The summed E-state index contributed by atoms with van der Waals surface area (Å²) in [6.45, 7) is 3.14. The van der Waals surface area contributed by atoms with Gasteiger partial charge < -0.3 is 11.1 Å². The molecule has 6 heteroatoms. The summed E-state index contributed by atoms with van der Waals surface area (Å²) in [5.41, 5.74) is 5.04. The Morgan fingerprint density at radius 1 is 1.42 bits per heavy atom. The number of anilines is 1. The minimum atomic E-state index is -4.42. The quantitative estimate of drug-likeness (QED) is 0.886. The van der Waals surface area contributed by atoms with E-state index in [1.807, 2.05) is 0 Å². The molecule has 0 heterocycles. The largest absolute Gasteiger partial charge is 0.416 e. The number of hydrogen-bond acceptors (Lipinski definition) is 2. The summed E-state index contributed by atoms with van der Waals surface area (Å²) in [7, 11) is 0. The number of nitrogens with two attached hydrogens (primary N) is 1. The lowest BCUT2D eigenvalue weighted by Gasteiger charge is -2.13. The van der Waals surface area contributed by atoms with E-state index in [4.69, 9.17) is 5.73 Å². The zero-order valence-corrected chi connectivity index (χ0v) is 10.8. The Bertz CT molecular complexity index is 456. The fourth-order valence-electron chi connectivity index (χ4n) is 1.59. The van der Waals surface area contributed by atoms with Crippen LogP contribution in [0.2, 0.25) is 0 Å². The van der Waals surface area contributed by atoms with Gasteiger partial charge in [-0.25, -0.2) is 0 Å². The van der Waals surface area contributed by atoms with Crippen LogP contribution in [0, 0.1) is 6.92 Å². The molecule has 1 rings (SSSR count). The lowest BCUT2D eigenvalue weighted by molar-refractivity contribution is -0.138. The van der Waals surface area contributed by atoms with Gasteiger partial charge in [-0.1, -0.05) is 6.07 Å². The fraction of sp³-hybridized carbons (Fsp3) is 0.462. The van der Waals surface area contributed by atoms with E-state index in [1.165, 1.54) is 19.1 Å². The second-order valence-corrected chi connectivity index (χ2v) is 4.59. The van der Waals surface area contributed by atoms with E-state index >= 15 is 0 Å². The number of benzene rings is 1. The summed E-state index contributed by atoms with van der Waals surface area (Å²) in [6.07, 6.45) is -3.74. The molecule has 1 aromatic carbocycles. The van der Waals surface area contributed by atoms with E-state index in [0.29, 0.717) is 6.42 Å². The molecule has 0 spiro atoms. The van der Waals surface area contributed by atoms with Crippen molar-refractivity contribution in [3.63, 3.8) is 0 Å². The summed E-state index contributed by atoms with van der Waals surface area (Å²) in [4.78, 5) is 11.5. The van der Waals surface area contributed by atoms with Crippen LogP contribution in [0.25, 0.3) is 0 Å². The molecule has 0 fully saturated rings. The van der Waals surface area contributed by atoms with Crippen molar-refractivity contribution < 1.29 is 18.0 Å². The van der Waals surface area contributed by atoms with Gasteiger partial charge in [0.2, 0.25) is 5.91 Å². The molecule has 0 aliphatic heterocycles. The van der Waals surface area contributed by atoms with Crippen LogP contribution in [0.15, 0.2) is 18.2 Å². The number of hydrogen-bond donors (Lipinski definition) is 2. The first-order chi connectivity index (χ1) is 8.70. The van der Waals surface area contributed by atoms with Gasteiger partial charge in [-0.15, -0.1) is 0 Å². The van der Waals surface area contributed by atoms with Gasteiger partial charge in [-0.3, -0.25) is 4.79 Å². The standard InChI is InChI=1S/C13H17F3N2O/c1-8-3-5-10(7-11(8)13(14,15)16)18-12(19)6-4-9(2)17/h3,5,7,9H,4,6,17H2,1-2H3,(H,18,19). The summed E-state index contributed by atoms with van der Waals surface area (Å²) in [5, 5.41) is 2.44. The Labute approximate surface area is 110 Å². The molecule has 0 saturated carbocycles. The van der Waals surface area contributed by atoms with Crippen molar-refractivity contribution in [2.24, 2.45) is 5.73 Å². The van der Waals surface area contributed by atoms with E-state index in [2.05, 4.69) is 5.32 Å². The van der Waals surface area contributed by atoms with Crippen molar-refractivity contribution >= 4 is 11.6 Å². The molecule has 0 aliphatic carbocycles. The van der Waals surface area contributed by atoms with Gasteiger partial charge in [0.1, 0.15) is 0 Å². The predicted octanol–water partition coefficient (Wildman–Crippen LogP) is 3.08. The Morgan fingerprint density at radius 3 is 2.58 bits per heavy atom. The van der Waals surface area contributed by atoms with Crippen LogP contribution in [0.3, 0.4) is 0 Å². The Hall–Kier alpha value is -1.56. The molecular formula is C13H17F3N2O. The first kappa shape index (κ1) is 15.5. The van der Waals surface area contributed by atoms with Crippen LogP contribution in [0.4, 0.5) is 18.9 Å². The summed E-state index contributed by atoms with van der Waals surface area (Å²) >= 11 is 0. The van der Waals surface area contributed by atoms with Crippen LogP contribution in [0.5, 0.6) is 0 Å². The van der Waals surface area contributed by atoms with Crippen molar-refractivity contribution in [3.8, 4) is 0 Å². The molecule has 1 atom stereocenters. The molecule has 3 nitrogen and oxygen atoms in total. The lowest BCUT2D eigenvalue weighted by Crippen LogP contribution is -2.19. The van der Waals surface area contributed by atoms with Gasteiger partial charge in [0.25, 0.3) is 0 Å². The second-order valence-electron chi connectivity index (χ2n) is 4.59. The first-order valence-electron chi connectivity index (χ1n) is 5.93. The highest BCUT2D eigenvalue weighted by Gasteiger charge is 2.32. The van der Waals surface area contributed by atoms with Crippen molar-refractivity contribution in [3.05, 3.63) is 29.3 Å². The number of alkyl halides is 3. The molecule has 106 valence electrons. The van der Waals surface area contributed by atoms with Gasteiger partial charge >= 0.3 is 6.18 Å². The van der Waals surface area contributed by atoms with Crippen LogP contribution in [-0.2, 0) is 11.0 Å².